The number of para-hydroxylation sites is 1. The first-order chi connectivity index (χ1) is 6.16. The fourth-order valence-electron chi connectivity index (χ4n) is 1.39. The van der Waals surface area contributed by atoms with Gasteiger partial charge in [0, 0.05) is 25.1 Å². The van der Waals surface area contributed by atoms with Crippen LogP contribution in [0.1, 0.15) is 18.4 Å². The lowest BCUT2D eigenvalue weighted by atomic mass is 10.0. The molecule has 1 atom stereocenters. The Morgan fingerprint density at radius 3 is 2.46 bits per heavy atom. The molecule has 0 saturated carbocycles. The summed E-state index contributed by atoms with van der Waals surface area (Å²) in [6.45, 7) is 2.23. The largest absolute Gasteiger partial charge is 0.377 e. The molecule has 0 bridgehead atoms. The van der Waals surface area contributed by atoms with Gasteiger partial charge in [-0.15, -0.1) is 0 Å². The summed E-state index contributed by atoms with van der Waals surface area (Å²) in [6, 6.07) is 8.54. The van der Waals surface area contributed by atoms with E-state index in [0.717, 1.165) is 5.33 Å². The summed E-state index contributed by atoms with van der Waals surface area (Å²) >= 11 is 3.52. The van der Waals surface area contributed by atoms with Crippen LogP contribution in [0.15, 0.2) is 24.3 Å². The summed E-state index contributed by atoms with van der Waals surface area (Å²) in [7, 11) is 4.17. The number of nitrogens with zero attached hydrogens (tertiary/aromatic N) is 1. The maximum Gasteiger partial charge on any atom is 0.0396 e. The molecule has 0 N–H and O–H groups in total. The Morgan fingerprint density at radius 1 is 1.31 bits per heavy atom. The van der Waals surface area contributed by atoms with E-state index in [4.69, 9.17) is 0 Å². The lowest BCUT2D eigenvalue weighted by molar-refractivity contribution is 0.878. The Balaban J connectivity index is 3.04. The van der Waals surface area contributed by atoms with Crippen molar-refractivity contribution in [2.24, 2.45) is 0 Å². The second-order valence-electron chi connectivity index (χ2n) is 3.51. The lowest BCUT2D eigenvalue weighted by Gasteiger charge is -2.20. The zero-order valence-corrected chi connectivity index (χ0v) is 10.0. The molecule has 0 radical (unpaired) electrons. The molecule has 1 nitrogen and oxygen atoms in total. The molecule has 0 heterocycles. The van der Waals surface area contributed by atoms with Gasteiger partial charge in [0.25, 0.3) is 0 Å². The van der Waals surface area contributed by atoms with Crippen molar-refractivity contribution >= 4 is 21.6 Å². The van der Waals surface area contributed by atoms with Gasteiger partial charge < -0.3 is 4.90 Å². The van der Waals surface area contributed by atoms with Crippen molar-refractivity contribution in [3.8, 4) is 0 Å². The third-order valence-electron chi connectivity index (χ3n) is 2.18. The number of anilines is 1. The Labute approximate surface area is 88.9 Å². The minimum absolute atomic E-state index is 0.568. The molecule has 13 heavy (non-hydrogen) atoms. The molecule has 0 amide bonds. The average Bonchev–Trinajstić information content (AvgIpc) is 2.16. The lowest BCUT2D eigenvalue weighted by Crippen LogP contribution is -2.12. The summed E-state index contributed by atoms with van der Waals surface area (Å²) in [5.74, 6) is 0.568. The zero-order chi connectivity index (χ0) is 9.84. The van der Waals surface area contributed by atoms with E-state index in [0.29, 0.717) is 5.92 Å². The van der Waals surface area contributed by atoms with Crippen LogP contribution in [0.2, 0.25) is 0 Å². The molecule has 0 fully saturated rings. The predicted octanol–water partition coefficient (Wildman–Crippen LogP) is 3.25. The number of hydrogen-bond donors (Lipinski definition) is 0. The van der Waals surface area contributed by atoms with Crippen molar-refractivity contribution < 1.29 is 0 Å². The van der Waals surface area contributed by atoms with Gasteiger partial charge in [0.15, 0.2) is 0 Å². The Hall–Kier alpha value is -0.500. The summed E-state index contributed by atoms with van der Waals surface area (Å²) in [5.41, 5.74) is 2.72. The van der Waals surface area contributed by atoms with Crippen LogP contribution in [0.25, 0.3) is 0 Å². The van der Waals surface area contributed by atoms with Gasteiger partial charge in [-0.25, -0.2) is 0 Å². The Bertz CT molecular complexity index is 271. The number of alkyl halides is 1. The highest BCUT2D eigenvalue weighted by Crippen LogP contribution is 2.27. The maximum absolute atomic E-state index is 3.52. The van der Waals surface area contributed by atoms with Gasteiger partial charge in [-0.1, -0.05) is 41.1 Å². The summed E-state index contributed by atoms with van der Waals surface area (Å²) in [6.07, 6.45) is 0. The van der Waals surface area contributed by atoms with E-state index in [1.54, 1.807) is 0 Å². The first-order valence-electron chi connectivity index (χ1n) is 4.49. The van der Waals surface area contributed by atoms with E-state index in [1.807, 2.05) is 0 Å². The highest BCUT2D eigenvalue weighted by Gasteiger charge is 2.09. The number of halogens is 1. The second kappa shape index (κ2) is 4.66. The highest BCUT2D eigenvalue weighted by atomic mass is 79.9. The summed E-state index contributed by atoms with van der Waals surface area (Å²) in [5, 5.41) is 1.01. The van der Waals surface area contributed by atoms with Gasteiger partial charge in [-0.3, -0.25) is 0 Å². The van der Waals surface area contributed by atoms with E-state index in [9.17, 15) is 0 Å². The van der Waals surface area contributed by atoms with Crippen molar-refractivity contribution in [3.05, 3.63) is 29.8 Å². The molecule has 2 heteroatoms. The SMILES string of the molecule is CC(CBr)c1ccccc1N(C)C. The van der Waals surface area contributed by atoms with Gasteiger partial charge in [0.05, 0.1) is 0 Å². The number of benzene rings is 1. The van der Waals surface area contributed by atoms with Gasteiger partial charge in [-0.2, -0.15) is 0 Å². The first kappa shape index (κ1) is 10.6. The second-order valence-corrected chi connectivity index (χ2v) is 4.16. The van der Waals surface area contributed by atoms with Gasteiger partial charge >= 0.3 is 0 Å². The van der Waals surface area contributed by atoms with Crippen molar-refractivity contribution in [1.82, 2.24) is 0 Å². The maximum atomic E-state index is 3.52. The third-order valence-corrected chi connectivity index (χ3v) is 3.15. The molecule has 0 aliphatic heterocycles. The molecular formula is C11H16BrN. The quantitative estimate of drug-likeness (QED) is 0.735. The van der Waals surface area contributed by atoms with Crippen LogP contribution in [0.5, 0.6) is 0 Å². The summed E-state index contributed by atoms with van der Waals surface area (Å²) in [4.78, 5) is 2.16. The highest BCUT2D eigenvalue weighted by molar-refractivity contribution is 9.09. The fourth-order valence-corrected chi connectivity index (χ4v) is 1.74. The molecule has 72 valence electrons. The monoisotopic (exact) mass is 241 g/mol. The standard InChI is InChI=1S/C11H16BrN/c1-9(8-12)10-6-4-5-7-11(10)13(2)3/h4-7,9H,8H2,1-3H3. The number of rotatable bonds is 3. The molecule has 1 aromatic carbocycles. The molecule has 1 aromatic rings. The van der Waals surface area contributed by atoms with Crippen LogP contribution in [-0.4, -0.2) is 19.4 Å². The molecule has 0 aliphatic rings. The van der Waals surface area contributed by atoms with Crippen LogP contribution in [0, 0.1) is 0 Å². The van der Waals surface area contributed by atoms with E-state index in [2.05, 4.69) is 66.1 Å². The van der Waals surface area contributed by atoms with Crippen molar-refractivity contribution in [3.63, 3.8) is 0 Å². The van der Waals surface area contributed by atoms with Gasteiger partial charge in [0.1, 0.15) is 0 Å². The molecule has 0 aliphatic carbocycles. The Kier molecular flexibility index (Phi) is 3.79. The van der Waals surface area contributed by atoms with Crippen LogP contribution in [-0.2, 0) is 0 Å². The van der Waals surface area contributed by atoms with Crippen molar-refractivity contribution in [1.29, 1.82) is 0 Å². The molecule has 0 aromatic heterocycles. The van der Waals surface area contributed by atoms with Gasteiger partial charge in [-0.05, 0) is 17.5 Å². The van der Waals surface area contributed by atoms with Crippen LogP contribution < -0.4 is 4.90 Å². The predicted molar refractivity (Wildman–Crippen MR) is 63.0 cm³/mol. The third kappa shape index (κ3) is 2.47. The molecule has 1 unspecified atom stereocenters. The minimum atomic E-state index is 0.568. The van der Waals surface area contributed by atoms with Crippen molar-refractivity contribution in [2.75, 3.05) is 24.3 Å². The summed E-state index contributed by atoms with van der Waals surface area (Å²) < 4.78 is 0. The van der Waals surface area contributed by atoms with E-state index in [-0.39, 0.29) is 0 Å². The minimum Gasteiger partial charge on any atom is -0.377 e. The van der Waals surface area contributed by atoms with Crippen molar-refractivity contribution in [2.45, 2.75) is 12.8 Å². The fraction of sp³-hybridized carbons (Fsp3) is 0.455. The van der Waals surface area contributed by atoms with E-state index < -0.39 is 0 Å². The first-order valence-corrected chi connectivity index (χ1v) is 5.61. The van der Waals surface area contributed by atoms with E-state index >= 15 is 0 Å². The Morgan fingerprint density at radius 2 is 1.92 bits per heavy atom. The van der Waals surface area contributed by atoms with Crippen LogP contribution in [0.3, 0.4) is 0 Å². The van der Waals surface area contributed by atoms with E-state index in [1.165, 1.54) is 11.3 Å². The average molecular weight is 242 g/mol. The van der Waals surface area contributed by atoms with Crippen LogP contribution in [0.4, 0.5) is 5.69 Å². The zero-order valence-electron chi connectivity index (χ0n) is 8.42. The molecular weight excluding hydrogens is 226 g/mol. The van der Waals surface area contributed by atoms with Gasteiger partial charge in [0.2, 0.25) is 0 Å². The normalized spacial score (nSPS) is 12.6. The topological polar surface area (TPSA) is 3.24 Å². The smallest absolute Gasteiger partial charge is 0.0396 e. The van der Waals surface area contributed by atoms with Crippen LogP contribution >= 0.6 is 15.9 Å². The number of hydrogen-bond acceptors (Lipinski definition) is 1. The molecule has 0 saturated heterocycles. The molecule has 0 spiro atoms. The molecule has 1 rings (SSSR count).